The Balaban J connectivity index is 1.53. The number of thiophene rings is 1. The summed E-state index contributed by atoms with van der Waals surface area (Å²) in [6.07, 6.45) is 5.27. The van der Waals surface area contributed by atoms with Crippen LogP contribution in [0.15, 0.2) is 28.2 Å². The maximum atomic E-state index is 13.1. The van der Waals surface area contributed by atoms with E-state index in [-0.39, 0.29) is 11.8 Å². The van der Waals surface area contributed by atoms with Gasteiger partial charge in [0.15, 0.2) is 5.82 Å². The zero-order valence-electron chi connectivity index (χ0n) is 18.2. The number of aromatic nitrogens is 4. The molecule has 1 atom stereocenters. The zero-order valence-corrected chi connectivity index (χ0v) is 19.1. The van der Waals surface area contributed by atoms with Gasteiger partial charge in [-0.3, -0.25) is 4.79 Å². The molecule has 0 aromatic carbocycles. The number of hydrogen-bond acceptors (Lipinski definition) is 8. The summed E-state index contributed by atoms with van der Waals surface area (Å²) in [7, 11) is 1.88. The van der Waals surface area contributed by atoms with Crippen LogP contribution in [0.3, 0.4) is 0 Å². The maximum absolute atomic E-state index is 13.1. The Bertz CT molecular complexity index is 1020. The van der Waals surface area contributed by atoms with Crippen molar-refractivity contribution >= 4 is 23.1 Å². The Hall–Kier alpha value is -2.81. The SMILES string of the molecule is CCCc1noc(-c2cnc(C)nc2N2CCCC(C(=O)N(C)Cc3cccs3)C2)n1. The summed E-state index contributed by atoms with van der Waals surface area (Å²) < 4.78 is 5.50. The van der Waals surface area contributed by atoms with Crippen LogP contribution in [0.2, 0.25) is 0 Å². The highest BCUT2D eigenvalue weighted by atomic mass is 32.1. The number of aryl methyl sites for hydroxylation is 2. The largest absolute Gasteiger partial charge is 0.355 e. The van der Waals surface area contributed by atoms with Crippen LogP contribution in [-0.2, 0) is 17.8 Å². The number of amides is 1. The van der Waals surface area contributed by atoms with E-state index in [2.05, 4.69) is 33.0 Å². The molecule has 8 nitrogen and oxygen atoms in total. The summed E-state index contributed by atoms with van der Waals surface area (Å²) >= 11 is 1.67. The predicted molar refractivity (Wildman–Crippen MR) is 120 cm³/mol. The normalized spacial score (nSPS) is 16.5. The molecule has 0 radical (unpaired) electrons. The maximum Gasteiger partial charge on any atom is 0.263 e. The predicted octanol–water partition coefficient (Wildman–Crippen LogP) is 3.72. The molecule has 164 valence electrons. The van der Waals surface area contributed by atoms with Gasteiger partial charge >= 0.3 is 0 Å². The first-order chi connectivity index (χ1) is 15.0. The molecule has 1 aliphatic rings. The highest BCUT2D eigenvalue weighted by molar-refractivity contribution is 7.09. The second-order valence-corrected chi connectivity index (χ2v) is 9.01. The monoisotopic (exact) mass is 440 g/mol. The van der Waals surface area contributed by atoms with E-state index in [1.807, 2.05) is 30.3 Å². The lowest BCUT2D eigenvalue weighted by molar-refractivity contribution is -0.135. The van der Waals surface area contributed by atoms with Crippen LogP contribution in [0.25, 0.3) is 11.5 Å². The van der Waals surface area contributed by atoms with Gasteiger partial charge in [0.25, 0.3) is 5.89 Å². The van der Waals surface area contributed by atoms with Crippen molar-refractivity contribution in [2.75, 3.05) is 25.0 Å². The topological polar surface area (TPSA) is 88.2 Å². The van der Waals surface area contributed by atoms with Gasteiger partial charge in [-0.15, -0.1) is 11.3 Å². The molecule has 31 heavy (non-hydrogen) atoms. The summed E-state index contributed by atoms with van der Waals surface area (Å²) in [5.41, 5.74) is 0.723. The standard InChI is InChI=1S/C22H28N6O2S/c1-4-7-19-25-21(30-26-19)18-12-23-15(2)24-20(18)28-10-5-8-16(13-28)22(29)27(3)14-17-9-6-11-31-17/h6,9,11-12,16H,4-5,7-8,10,13-14H2,1-3H3. The molecule has 0 N–H and O–H groups in total. The van der Waals surface area contributed by atoms with Crippen molar-refractivity contribution in [2.45, 2.75) is 46.1 Å². The van der Waals surface area contributed by atoms with E-state index in [4.69, 9.17) is 9.51 Å². The average molecular weight is 441 g/mol. The summed E-state index contributed by atoms with van der Waals surface area (Å²) in [6, 6.07) is 4.08. The Morgan fingerprint density at radius 2 is 2.26 bits per heavy atom. The molecule has 1 aliphatic heterocycles. The minimum absolute atomic E-state index is 0.0693. The molecule has 0 aliphatic carbocycles. The van der Waals surface area contributed by atoms with Crippen LogP contribution in [0.5, 0.6) is 0 Å². The van der Waals surface area contributed by atoms with Crippen molar-refractivity contribution in [3.63, 3.8) is 0 Å². The Morgan fingerprint density at radius 1 is 1.39 bits per heavy atom. The van der Waals surface area contributed by atoms with Crippen LogP contribution >= 0.6 is 11.3 Å². The van der Waals surface area contributed by atoms with E-state index in [0.717, 1.165) is 43.6 Å². The van der Waals surface area contributed by atoms with Crippen molar-refractivity contribution in [1.29, 1.82) is 0 Å². The van der Waals surface area contributed by atoms with Gasteiger partial charge in [0.1, 0.15) is 17.2 Å². The molecule has 1 amide bonds. The third-order valence-corrected chi connectivity index (χ3v) is 6.34. The number of rotatable bonds is 7. The quantitative estimate of drug-likeness (QED) is 0.553. The molecule has 3 aromatic heterocycles. The van der Waals surface area contributed by atoms with Crippen LogP contribution in [-0.4, -0.2) is 51.1 Å². The fourth-order valence-electron chi connectivity index (χ4n) is 3.94. The number of hydrogen-bond donors (Lipinski definition) is 0. The van der Waals surface area contributed by atoms with E-state index in [0.29, 0.717) is 30.6 Å². The van der Waals surface area contributed by atoms with Crippen LogP contribution < -0.4 is 4.90 Å². The van der Waals surface area contributed by atoms with Gasteiger partial charge in [-0.1, -0.05) is 18.1 Å². The van der Waals surface area contributed by atoms with Crippen LogP contribution in [0.4, 0.5) is 5.82 Å². The number of anilines is 1. The number of nitrogens with zero attached hydrogens (tertiary/aromatic N) is 6. The van der Waals surface area contributed by atoms with Crippen LogP contribution in [0, 0.1) is 12.8 Å². The first-order valence-electron chi connectivity index (χ1n) is 10.7. The smallest absolute Gasteiger partial charge is 0.263 e. The molecule has 0 spiro atoms. The van der Waals surface area contributed by atoms with Crippen molar-refractivity contribution in [2.24, 2.45) is 5.92 Å². The highest BCUT2D eigenvalue weighted by Crippen LogP contribution is 2.31. The van der Waals surface area contributed by atoms with Gasteiger partial charge in [-0.2, -0.15) is 4.98 Å². The summed E-state index contributed by atoms with van der Waals surface area (Å²) in [6.45, 7) is 6.04. The first-order valence-corrected chi connectivity index (χ1v) is 11.6. The Labute approximate surface area is 186 Å². The van der Waals surface area contributed by atoms with Crippen molar-refractivity contribution in [1.82, 2.24) is 25.0 Å². The molecule has 3 aromatic rings. The summed E-state index contributed by atoms with van der Waals surface area (Å²) in [4.78, 5) is 31.9. The van der Waals surface area contributed by atoms with Crippen LogP contribution in [0.1, 0.15) is 42.7 Å². The second-order valence-electron chi connectivity index (χ2n) is 7.98. The third-order valence-electron chi connectivity index (χ3n) is 5.48. The summed E-state index contributed by atoms with van der Waals surface area (Å²) in [5, 5.41) is 6.11. The minimum atomic E-state index is -0.0693. The fourth-order valence-corrected chi connectivity index (χ4v) is 4.69. The average Bonchev–Trinajstić information content (AvgIpc) is 3.46. The lowest BCUT2D eigenvalue weighted by Gasteiger charge is -2.35. The van der Waals surface area contributed by atoms with Crippen molar-refractivity contribution < 1.29 is 9.32 Å². The molecule has 0 bridgehead atoms. The van der Waals surface area contributed by atoms with E-state index >= 15 is 0 Å². The van der Waals surface area contributed by atoms with Gasteiger partial charge in [0, 0.05) is 37.6 Å². The van der Waals surface area contributed by atoms with Gasteiger partial charge in [-0.25, -0.2) is 9.97 Å². The van der Waals surface area contributed by atoms with E-state index < -0.39 is 0 Å². The van der Waals surface area contributed by atoms with E-state index in [9.17, 15) is 4.79 Å². The molecule has 1 saturated heterocycles. The molecular formula is C22H28N6O2S. The van der Waals surface area contributed by atoms with Gasteiger partial charge in [-0.05, 0) is 37.6 Å². The number of piperidine rings is 1. The minimum Gasteiger partial charge on any atom is -0.355 e. The molecule has 1 fully saturated rings. The zero-order chi connectivity index (χ0) is 21.8. The third kappa shape index (κ3) is 4.92. The highest BCUT2D eigenvalue weighted by Gasteiger charge is 2.31. The van der Waals surface area contributed by atoms with E-state index in [1.54, 1.807) is 17.5 Å². The van der Waals surface area contributed by atoms with E-state index in [1.165, 1.54) is 4.88 Å². The second kappa shape index (κ2) is 9.55. The lowest BCUT2D eigenvalue weighted by Crippen LogP contribution is -2.44. The molecule has 9 heteroatoms. The fraction of sp³-hybridized carbons (Fsp3) is 0.500. The Morgan fingerprint density at radius 3 is 3.03 bits per heavy atom. The molecule has 0 saturated carbocycles. The van der Waals surface area contributed by atoms with Gasteiger partial charge < -0.3 is 14.3 Å². The molecular weight excluding hydrogens is 412 g/mol. The summed E-state index contributed by atoms with van der Waals surface area (Å²) in [5.74, 6) is 2.66. The first kappa shape index (κ1) is 21.4. The molecule has 4 heterocycles. The number of carbonyl (C=O) groups excluding carboxylic acids is 1. The Kier molecular flexibility index (Phi) is 6.60. The molecule has 1 unspecified atom stereocenters. The van der Waals surface area contributed by atoms with Gasteiger partial charge in [0.2, 0.25) is 5.91 Å². The van der Waals surface area contributed by atoms with Gasteiger partial charge in [0.05, 0.1) is 12.5 Å². The lowest BCUT2D eigenvalue weighted by atomic mass is 9.96. The number of carbonyl (C=O) groups is 1. The van der Waals surface area contributed by atoms with Crippen molar-refractivity contribution in [3.8, 4) is 11.5 Å². The molecule has 4 rings (SSSR count). The van der Waals surface area contributed by atoms with Crippen molar-refractivity contribution in [3.05, 3.63) is 40.2 Å².